The van der Waals surface area contributed by atoms with E-state index in [4.69, 9.17) is 14.7 Å². The number of anilines is 1. The van der Waals surface area contributed by atoms with Gasteiger partial charge < -0.3 is 25.0 Å². The van der Waals surface area contributed by atoms with Gasteiger partial charge in [-0.05, 0) is 25.5 Å². The van der Waals surface area contributed by atoms with Crippen molar-refractivity contribution in [3.8, 4) is 11.5 Å². The molecule has 1 aliphatic heterocycles. The molecule has 1 aromatic carbocycles. The van der Waals surface area contributed by atoms with Crippen molar-refractivity contribution in [3.05, 3.63) is 18.2 Å². The molecule has 10 heteroatoms. The molecule has 0 aromatic heterocycles. The molecular formula is C16H22N4O6. The topological polar surface area (TPSA) is 129 Å². The SMILES string of the molecule is COc1ccc(NC(=O)NC2CCN(C(C)C(=O)NO)C2=O)c(OC)c1. The quantitative estimate of drug-likeness (QED) is 0.424. The van der Waals surface area contributed by atoms with Crippen molar-refractivity contribution in [2.75, 3.05) is 26.1 Å². The number of benzene rings is 1. The number of urea groups is 1. The zero-order valence-electron chi connectivity index (χ0n) is 14.7. The normalized spacial score (nSPS) is 17.5. The Morgan fingerprint density at radius 2 is 2.04 bits per heavy atom. The van der Waals surface area contributed by atoms with Gasteiger partial charge in [0.1, 0.15) is 23.6 Å². The van der Waals surface area contributed by atoms with E-state index in [9.17, 15) is 14.4 Å². The van der Waals surface area contributed by atoms with Gasteiger partial charge in [-0.3, -0.25) is 14.8 Å². The van der Waals surface area contributed by atoms with Crippen LogP contribution in [0.4, 0.5) is 10.5 Å². The van der Waals surface area contributed by atoms with Crippen LogP contribution in [0.25, 0.3) is 0 Å². The van der Waals surface area contributed by atoms with Crippen molar-refractivity contribution in [1.82, 2.24) is 15.7 Å². The van der Waals surface area contributed by atoms with E-state index in [2.05, 4.69) is 10.6 Å². The lowest BCUT2D eigenvalue weighted by Crippen LogP contribution is -2.49. The van der Waals surface area contributed by atoms with Crippen molar-refractivity contribution in [2.24, 2.45) is 0 Å². The molecule has 26 heavy (non-hydrogen) atoms. The van der Waals surface area contributed by atoms with Crippen LogP contribution >= 0.6 is 0 Å². The first-order valence-corrected chi connectivity index (χ1v) is 7.95. The van der Waals surface area contributed by atoms with Gasteiger partial charge in [0, 0.05) is 12.6 Å². The maximum atomic E-state index is 12.3. The maximum Gasteiger partial charge on any atom is 0.319 e. The number of hydrogen-bond donors (Lipinski definition) is 4. The maximum absolute atomic E-state index is 12.3. The summed E-state index contributed by atoms with van der Waals surface area (Å²) in [5, 5.41) is 13.9. The molecular weight excluding hydrogens is 344 g/mol. The number of amides is 4. The molecule has 2 atom stereocenters. The molecule has 0 bridgehead atoms. The Labute approximate surface area is 150 Å². The Morgan fingerprint density at radius 3 is 2.65 bits per heavy atom. The molecule has 2 unspecified atom stereocenters. The summed E-state index contributed by atoms with van der Waals surface area (Å²) in [6.07, 6.45) is 0.356. The van der Waals surface area contributed by atoms with Gasteiger partial charge >= 0.3 is 6.03 Å². The van der Waals surface area contributed by atoms with Crippen LogP contribution in [0.1, 0.15) is 13.3 Å². The molecule has 0 saturated carbocycles. The van der Waals surface area contributed by atoms with Gasteiger partial charge in [-0.2, -0.15) is 0 Å². The zero-order chi connectivity index (χ0) is 19.3. The Kier molecular flexibility index (Phi) is 6.23. The smallest absolute Gasteiger partial charge is 0.319 e. The lowest BCUT2D eigenvalue weighted by Gasteiger charge is -2.22. The lowest BCUT2D eigenvalue weighted by molar-refractivity contribution is -0.141. The first-order valence-electron chi connectivity index (χ1n) is 7.95. The van der Waals surface area contributed by atoms with Crippen molar-refractivity contribution in [3.63, 3.8) is 0 Å². The first kappa shape index (κ1) is 19.3. The summed E-state index contributed by atoms with van der Waals surface area (Å²) in [7, 11) is 2.98. The monoisotopic (exact) mass is 366 g/mol. The number of carbonyl (C=O) groups excluding carboxylic acids is 3. The molecule has 1 aromatic rings. The van der Waals surface area contributed by atoms with E-state index in [1.807, 2.05) is 0 Å². The van der Waals surface area contributed by atoms with Gasteiger partial charge in [0.2, 0.25) is 5.91 Å². The van der Waals surface area contributed by atoms with Gasteiger partial charge in [0.05, 0.1) is 19.9 Å². The summed E-state index contributed by atoms with van der Waals surface area (Å²) in [4.78, 5) is 37.3. The van der Waals surface area contributed by atoms with Gasteiger partial charge in [0.15, 0.2) is 0 Å². The second-order valence-corrected chi connectivity index (χ2v) is 5.69. The molecule has 0 spiro atoms. The minimum Gasteiger partial charge on any atom is -0.497 e. The molecule has 1 aliphatic rings. The molecule has 142 valence electrons. The summed E-state index contributed by atoms with van der Waals surface area (Å²) in [6.45, 7) is 1.79. The predicted molar refractivity (Wildman–Crippen MR) is 91.2 cm³/mol. The zero-order valence-corrected chi connectivity index (χ0v) is 14.7. The second kappa shape index (κ2) is 8.39. The average molecular weight is 366 g/mol. The third-order valence-electron chi connectivity index (χ3n) is 4.16. The van der Waals surface area contributed by atoms with E-state index in [1.54, 1.807) is 18.2 Å². The summed E-state index contributed by atoms with van der Waals surface area (Å²) >= 11 is 0. The highest BCUT2D eigenvalue weighted by atomic mass is 16.5. The third-order valence-corrected chi connectivity index (χ3v) is 4.16. The fraction of sp³-hybridized carbons (Fsp3) is 0.438. The average Bonchev–Trinajstić information content (AvgIpc) is 3.00. The summed E-state index contributed by atoms with van der Waals surface area (Å²) in [5.41, 5.74) is 1.93. The van der Waals surface area contributed by atoms with Crippen LogP contribution in [0.3, 0.4) is 0 Å². The fourth-order valence-corrected chi connectivity index (χ4v) is 2.67. The highest BCUT2D eigenvalue weighted by molar-refractivity contribution is 5.96. The number of ether oxygens (including phenoxy) is 2. The van der Waals surface area contributed by atoms with E-state index in [-0.39, 0.29) is 0 Å². The van der Waals surface area contributed by atoms with E-state index in [1.165, 1.54) is 31.5 Å². The second-order valence-electron chi connectivity index (χ2n) is 5.69. The standard InChI is InChI=1S/C16H22N4O6/c1-9(14(21)19-24)20-7-6-12(15(20)22)18-16(23)17-11-5-4-10(25-2)8-13(11)26-3/h4-5,8-9,12,24H,6-7H2,1-3H3,(H,19,21)(H2,17,18,23). The van der Waals surface area contributed by atoms with Gasteiger partial charge in [-0.25, -0.2) is 10.3 Å². The number of nitrogens with one attached hydrogen (secondary N) is 3. The number of likely N-dealkylation sites (tertiary alicyclic amines) is 1. The van der Waals surface area contributed by atoms with Gasteiger partial charge in [-0.1, -0.05) is 0 Å². The van der Waals surface area contributed by atoms with Crippen molar-refractivity contribution in [1.29, 1.82) is 0 Å². The van der Waals surface area contributed by atoms with E-state index >= 15 is 0 Å². The molecule has 0 aliphatic carbocycles. The molecule has 1 fully saturated rings. The van der Waals surface area contributed by atoms with Crippen LogP contribution in [0.5, 0.6) is 11.5 Å². The molecule has 4 amide bonds. The van der Waals surface area contributed by atoms with Crippen molar-refractivity contribution >= 4 is 23.5 Å². The molecule has 1 saturated heterocycles. The van der Waals surface area contributed by atoms with Crippen molar-refractivity contribution in [2.45, 2.75) is 25.4 Å². The number of hydrogen-bond acceptors (Lipinski definition) is 6. The minimum absolute atomic E-state index is 0.296. The van der Waals surface area contributed by atoms with Crippen LogP contribution in [-0.2, 0) is 9.59 Å². The van der Waals surface area contributed by atoms with Crippen LogP contribution in [0, 0.1) is 0 Å². The predicted octanol–water partition coefficient (Wildman–Crippen LogP) is 0.320. The van der Waals surface area contributed by atoms with Crippen LogP contribution in [0.2, 0.25) is 0 Å². The Balaban J connectivity index is 1.98. The van der Waals surface area contributed by atoms with E-state index < -0.39 is 29.9 Å². The van der Waals surface area contributed by atoms with E-state index in [0.29, 0.717) is 30.2 Å². The number of carbonyl (C=O) groups is 3. The molecule has 10 nitrogen and oxygen atoms in total. The highest BCUT2D eigenvalue weighted by Crippen LogP contribution is 2.29. The van der Waals surface area contributed by atoms with Crippen LogP contribution < -0.4 is 25.6 Å². The molecule has 4 N–H and O–H groups in total. The van der Waals surface area contributed by atoms with E-state index in [0.717, 1.165) is 0 Å². The first-order chi connectivity index (χ1) is 12.4. The Hall–Kier alpha value is -3.01. The van der Waals surface area contributed by atoms with Crippen LogP contribution in [-0.4, -0.2) is 60.8 Å². The Morgan fingerprint density at radius 1 is 1.31 bits per heavy atom. The number of methoxy groups -OCH3 is 2. The minimum atomic E-state index is -0.830. The molecule has 1 heterocycles. The number of nitrogens with zero attached hydrogens (tertiary/aromatic N) is 1. The summed E-state index contributed by atoms with van der Waals surface area (Å²) < 4.78 is 10.3. The number of rotatable bonds is 6. The fourth-order valence-electron chi connectivity index (χ4n) is 2.67. The van der Waals surface area contributed by atoms with Gasteiger partial charge in [0.25, 0.3) is 5.91 Å². The Bertz CT molecular complexity index is 695. The molecule has 2 rings (SSSR count). The van der Waals surface area contributed by atoms with Gasteiger partial charge in [-0.15, -0.1) is 0 Å². The van der Waals surface area contributed by atoms with Crippen LogP contribution in [0.15, 0.2) is 18.2 Å². The summed E-state index contributed by atoms with van der Waals surface area (Å²) in [5.74, 6) is -0.0953. The number of hydroxylamine groups is 1. The summed E-state index contributed by atoms with van der Waals surface area (Å²) in [6, 6.07) is 2.74. The molecule has 0 radical (unpaired) electrons. The lowest BCUT2D eigenvalue weighted by atomic mass is 10.2. The van der Waals surface area contributed by atoms with Crippen molar-refractivity contribution < 1.29 is 29.1 Å². The highest BCUT2D eigenvalue weighted by Gasteiger charge is 2.37. The largest absolute Gasteiger partial charge is 0.497 e. The third kappa shape index (κ3) is 4.14.